The summed E-state index contributed by atoms with van der Waals surface area (Å²) < 4.78 is 42.3. The Morgan fingerprint density at radius 2 is 1.92 bits per heavy atom. The number of hydrogen-bond donors (Lipinski definition) is 1. The second kappa shape index (κ2) is 6.11. The Labute approximate surface area is 145 Å². The highest BCUT2D eigenvalue weighted by Gasteiger charge is 2.48. The third-order valence-electron chi connectivity index (χ3n) is 4.35. The van der Waals surface area contributed by atoms with Gasteiger partial charge in [0.1, 0.15) is 12.1 Å². The number of carbonyl (C=O) groups is 4. The Hall–Kier alpha value is -2.91. The summed E-state index contributed by atoms with van der Waals surface area (Å²) >= 11 is 0. The first kappa shape index (κ1) is 17.9. The van der Waals surface area contributed by atoms with Gasteiger partial charge in [-0.3, -0.25) is 19.3 Å². The van der Waals surface area contributed by atoms with E-state index in [1.807, 2.05) is 0 Å². The first-order valence-corrected chi connectivity index (χ1v) is 7.58. The van der Waals surface area contributed by atoms with Crippen LogP contribution in [-0.2, 0) is 25.5 Å². The number of halogens is 3. The Morgan fingerprint density at radius 3 is 2.54 bits per heavy atom. The molecular weight excluding hydrogens is 357 g/mol. The lowest BCUT2D eigenvalue weighted by atomic mass is 10.0. The van der Waals surface area contributed by atoms with Crippen molar-refractivity contribution < 1.29 is 37.1 Å². The van der Waals surface area contributed by atoms with E-state index < -0.39 is 48.2 Å². The zero-order chi connectivity index (χ0) is 19.2. The molecule has 0 radical (unpaired) electrons. The number of alkyl halides is 3. The van der Waals surface area contributed by atoms with Crippen LogP contribution in [0.2, 0.25) is 0 Å². The molecule has 0 fully saturated rings. The average molecular weight is 370 g/mol. The molecule has 0 saturated carbocycles. The van der Waals surface area contributed by atoms with E-state index in [4.69, 9.17) is 0 Å². The van der Waals surface area contributed by atoms with E-state index in [0.717, 1.165) is 12.0 Å². The van der Waals surface area contributed by atoms with Gasteiger partial charge in [0.05, 0.1) is 12.8 Å². The second-order valence-corrected chi connectivity index (χ2v) is 5.92. The predicted molar refractivity (Wildman–Crippen MR) is 80.4 cm³/mol. The van der Waals surface area contributed by atoms with Gasteiger partial charge in [-0.15, -0.1) is 0 Å². The van der Waals surface area contributed by atoms with Gasteiger partial charge in [0, 0.05) is 18.4 Å². The standard InChI is InChI=1S/C16H13F3N2O5/c1-26-14(24)10-5-7-3-2-4-8-11(22)6-9(13(23)21(10)12(7)8)20-15(25)16(17,18)19/h2-4,9-10H,5-6H2,1H3,(H,20,25)/t9?,10-/m0/s1. The first-order valence-electron chi connectivity index (χ1n) is 7.58. The zero-order valence-corrected chi connectivity index (χ0v) is 13.4. The van der Waals surface area contributed by atoms with Gasteiger partial charge in [-0.1, -0.05) is 12.1 Å². The van der Waals surface area contributed by atoms with Crippen LogP contribution >= 0.6 is 0 Å². The van der Waals surface area contributed by atoms with Crippen LogP contribution in [0.25, 0.3) is 0 Å². The quantitative estimate of drug-likeness (QED) is 0.776. The molecule has 138 valence electrons. The van der Waals surface area contributed by atoms with Crippen molar-refractivity contribution in [2.75, 3.05) is 12.0 Å². The van der Waals surface area contributed by atoms with Crippen LogP contribution in [0.3, 0.4) is 0 Å². The molecule has 10 heteroatoms. The van der Waals surface area contributed by atoms with Crippen molar-refractivity contribution in [1.82, 2.24) is 5.32 Å². The third-order valence-corrected chi connectivity index (χ3v) is 4.35. The second-order valence-electron chi connectivity index (χ2n) is 5.92. The van der Waals surface area contributed by atoms with E-state index in [9.17, 15) is 32.3 Å². The normalized spacial score (nSPS) is 21.9. The molecule has 2 atom stereocenters. The minimum absolute atomic E-state index is 0.0643. The summed E-state index contributed by atoms with van der Waals surface area (Å²) in [6, 6.07) is 1.75. The maximum atomic E-state index is 12.8. The third kappa shape index (κ3) is 2.80. The van der Waals surface area contributed by atoms with Gasteiger partial charge >= 0.3 is 18.1 Å². The highest BCUT2D eigenvalue weighted by molar-refractivity contribution is 6.16. The van der Waals surface area contributed by atoms with Crippen molar-refractivity contribution in [3.8, 4) is 0 Å². The molecule has 2 amide bonds. The highest BCUT2D eigenvalue weighted by Crippen LogP contribution is 2.39. The van der Waals surface area contributed by atoms with Crippen molar-refractivity contribution >= 4 is 29.3 Å². The number of nitrogens with one attached hydrogen (secondary N) is 1. The largest absolute Gasteiger partial charge is 0.471 e. The smallest absolute Gasteiger partial charge is 0.467 e. The Morgan fingerprint density at radius 1 is 1.23 bits per heavy atom. The maximum absolute atomic E-state index is 12.8. The van der Waals surface area contributed by atoms with Gasteiger partial charge in [-0.25, -0.2) is 4.79 Å². The minimum atomic E-state index is -5.21. The number of hydrogen-bond acceptors (Lipinski definition) is 5. The fourth-order valence-electron chi connectivity index (χ4n) is 3.21. The number of benzene rings is 1. The monoisotopic (exact) mass is 370 g/mol. The molecule has 2 aliphatic rings. The molecular formula is C16H13F3N2O5. The number of para-hydroxylation sites is 1. The van der Waals surface area contributed by atoms with Gasteiger partial charge in [-0.05, 0) is 11.6 Å². The van der Waals surface area contributed by atoms with Crippen molar-refractivity contribution in [3.05, 3.63) is 29.3 Å². The number of ether oxygens (including phenoxy) is 1. The minimum Gasteiger partial charge on any atom is -0.467 e. The number of ketones is 1. The van der Waals surface area contributed by atoms with E-state index in [-0.39, 0.29) is 17.7 Å². The van der Waals surface area contributed by atoms with Crippen LogP contribution in [0, 0.1) is 0 Å². The molecule has 0 aromatic heterocycles. The lowest BCUT2D eigenvalue weighted by Gasteiger charge is -2.26. The molecule has 1 aromatic rings. The Bertz CT molecular complexity index is 821. The van der Waals surface area contributed by atoms with E-state index in [1.165, 1.54) is 6.07 Å². The summed E-state index contributed by atoms with van der Waals surface area (Å²) in [7, 11) is 1.11. The molecule has 2 heterocycles. The summed E-state index contributed by atoms with van der Waals surface area (Å²) in [5.41, 5.74) is 0.829. The number of anilines is 1. The first-order chi connectivity index (χ1) is 12.1. The predicted octanol–water partition coefficient (Wildman–Crippen LogP) is 0.751. The summed E-state index contributed by atoms with van der Waals surface area (Å²) in [6.45, 7) is 0. The molecule has 1 unspecified atom stereocenters. The van der Waals surface area contributed by atoms with Crippen LogP contribution in [0.1, 0.15) is 22.3 Å². The number of methoxy groups -OCH3 is 1. The fourth-order valence-corrected chi connectivity index (χ4v) is 3.21. The van der Waals surface area contributed by atoms with Crippen LogP contribution in [0.15, 0.2) is 18.2 Å². The molecule has 1 aromatic carbocycles. The number of nitrogens with zero attached hydrogens (tertiary/aromatic N) is 1. The molecule has 3 rings (SSSR count). The average Bonchev–Trinajstić information content (AvgIpc) is 2.93. The van der Waals surface area contributed by atoms with Crippen LogP contribution in [-0.4, -0.2) is 48.9 Å². The number of rotatable bonds is 2. The van der Waals surface area contributed by atoms with E-state index >= 15 is 0 Å². The number of Topliss-reactive ketones (excluding diaryl/α,β-unsaturated/α-hetero) is 1. The van der Waals surface area contributed by atoms with Crippen LogP contribution < -0.4 is 10.2 Å². The molecule has 0 spiro atoms. The molecule has 0 bridgehead atoms. The number of esters is 1. The number of carbonyl (C=O) groups excluding carboxylic acids is 4. The van der Waals surface area contributed by atoms with Crippen molar-refractivity contribution in [1.29, 1.82) is 0 Å². The highest BCUT2D eigenvalue weighted by atomic mass is 19.4. The van der Waals surface area contributed by atoms with E-state index in [2.05, 4.69) is 4.74 Å². The van der Waals surface area contributed by atoms with Gasteiger partial charge in [0.15, 0.2) is 5.78 Å². The summed E-state index contributed by atoms with van der Waals surface area (Å²) in [5.74, 6) is -4.66. The summed E-state index contributed by atoms with van der Waals surface area (Å²) in [5, 5.41) is 1.55. The molecule has 0 aliphatic carbocycles. The Balaban J connectivity index is 2.04. The van der Waals surface area contributed by atoms with Crippen LogP contribution in [0.4, 0.5) is 18.9 Å². The molecule has 1 N–H and O–H groups in total. The number of amides is 2. The van der Waals surface area contributed by atoms with Crippen molar-refractivity contribution in [2.24, 2.45) is 0 Å². The topological polar surface area (TPSA) is 92.8 Å². The van der Waals surface area contributed by atoms with E-state index in [1.54, 1.807) is 17.4 Å². The Kier molecular flexibility index (Phi) is 4.21. The SMILES string of the molecule is COC(=O)[C@@H]1Cc2cccc3c2N1C(=O)C(NC(=O)C(F)(F)F)CC3=O. The van der Waals surface area contributed by atoms with Crippen molar-refractivity contribution in [2.45, 2.75) is 31.1 Å². The van der Waals surface area contributed by atoms with Crippen LogP contribution in [0.5, 0.6) is 0 Å². The zero-order valence-electron chi connectivity index (χ0n) is 13.4. The van der Waals surface area contributed by atoms with Gasteiger partial charge in [0.25, 0.3) is 5.91 Å². The fraction of sp³-hybridized carbons (Fsp3) is 0.375. The lowest BCUT2D eigenvalue weighted by Crippen LogP contribution is -2.54. The van der Waals surface area contributed by atoms with Gasteiger partial charge in [0.2, 0.25) is 0 Å². The van der Waals surface area contributed by atoms with Gasteiger partial charge < -0.3 is 10.1 Å². The molecule has 2 aliphatic heterocycles. The molecule has 26 heavy (non-hydrogen) atoms. The molecule has 7 nitrogen and oxygen atoms in total. The van der Waals surface area contributed by atoms with Gasteiger partial charge in [-0.2, -0.15) is 13.2 Å². The summed E-state index contributed by atoms with van der Waals surface area (Å²) in [4.78, 5) is 49.5. The summed E-state index contributed by atoms with van der Waals surface area (Å²) in [6.07, 6.45) is -5.78. The maximum Gasteiger partial charge on any atom is 0.471 e. The van der Waals surface area contributed by atoms with Crippen molar-refractivity contribution in [3.63, 3.8) is 0 Å². The lowest BCUT2D eigenvalue weighted by molar-refractivity contribution is -0.174. The van der Waals surface area contributed by atoms with E-state index in [0.29, 0.717) is 5.56 Å². The molecule has 0 saturated heterocycles.